The van der Waals surface area contributed by atoms with E-state index in [1.54, 1.807) is 4.31 Å². The molecule has 0 aromatic rings. The van der Waals surface area contributed by atoms with Gasteiger partial charge in [0.15, 0.2) is 0 Å². The molecular formula is C14H32N4O2S. The van der Waals surface area contributed by atoms with Gasteiger partial charge in [-0.1, -0.05) is 20.8 Å². The van der Waals surface area contributed by atoms with Gasteiger partial charge < -0.3 is 10.2 Å². The first-order valence-corrected chi connectivity index (χ1v) is 9.45. The molecule has 21 heavy (non-hydrogen) atoms. The van der Waals surface area contributed by atoms with Crippen LogP contribution in [0.25, 0.3) is 0 Å². The van der Waals surface area contributed by atoms with Crippen LogP contribution in [-0.4, -0.2) is 70.0 Å². The van der Waals surface area contributed by atoms with Gasteiger partial charge in [0.25, 0.3) is 10.2 Å². The highest BCUT2D eigenvalue weighted by Crippen LogP contribution is 2.18. The zero-order chi connectivity index (χ0) is 15.9. The van der Waals surface area contributed by atoms with Crippen LogP contribution >= 0.6 is 0 Å². The number of piperidine rings is 1. The van der Waals surface area contributed by atoms with E-state index in [0.29, 0.717) is 31.6 Å². The van der Waals surface area contributed by atoms with E-state index in [1.807, 2.05) is 7.05 Å². The predicted octanol–water partition coefficient (Wildman–Crippen LogP) is 0.483. The van der Waals surface area contributed by atoms with Gasteiger partial charge in [0.05, 0.1) is 0 Å². The van der Waals surface area contributed by atoms with Crippen molar-refractivity contribution in [2.45, 2.75) is 39.7 Å². The number of likely N-dealkylation sites (N-methyl/N-ethyl adjacent to an activating group) is 1. The van der Waals surface area contributed by atoms with Crippen LogP contribution in [0.3, 0.4) is 0 Å². The molecule has 6 nitrogen and oxygen atoms in total. The molecule has 0 bridgehead atoms. The minimum atomic E-state index is -3.31. The summed E-state index contributed by atoms with van der Waals surface area (Å²) >= 11 is 0. The zero-order valence-electron chi connectivity index (χ0n) is 13.9. The van der Waals surface area contributed by atoms with Gasteiger partial charge in [-0.15, -0.1) is 0 Å². The molecule has 1 saturated heterocycles. The first-order valence-electron chi connectivity index (χ1n) is 8.01. The molecule has 0 aromatic heterocycles. The van der Waals surface area contributed by atoms with Crippen LogP contribution in [0.4, 0.5) is 0 Å². The van der Waals surface area contributed by atoms with Crippen LogP contribution in [0.2, 0.25) is 0 Å². The second-order valence-corrected chi connectivity index (χ2v) is 7.96. The molecular weight excluding hydrogens is 288 g/mol. The smallest absolute Gasteiger partial charge is 0.279 e. The van der Waals surface area contributed by atoms with E-state index in [0.717, 1.165) is 32.5 Å². The van der Waals surface area contributed by atoms with E-state index in [1.165, 1.54) is 0 Å². The standard InChI is InChI=1S/C14H32N4O2S/c1-5-17(4)11-8-16-21(19,20)18-9-6-14(7-10-18)12-15-13(2)3/h13-16H,5-12H2,1-4H3. The maximum atomic E-state index is 12.2. The van der Waals surface area contributed by atoms with Gasteiger partial charge in [0.1, 0.15) is 0 Å². The minimum absolute atomic E-state index is 0.474. The quantitative estimate of drug-likeness (QED) is 0.649. The first kappa shape index (κ1) is 18.8. The lowest BCUT2D eigenvalue weighted by Gasteiger charge is -2.31. The summed E-state index contributed by atoms with van der Waals surface area (Å²) < 4.78 is 28.7. The number of hydrogen-bond acceptors (Lipinski definition) is 4. The van der Waals surface area contributed by atoms with Gasteiger partial charge in [0, 0.05) is 32.2 Å². The molecule has 0 unspecified atom stereocenters. The van der Waals surface area contributed by atoms with Gasteiger partial charge in [0.2, 0.25) is 0 Å². The molecule has 0 saturated carbocycles. The highest BCUT2D eigenvalue weighted by atomic mass is 32.2. The van der Waals surface area contributed by atoms with Gasteiger partial charge >= 0.3 is 0 Å². The van der Waals surface area contributed by atoms with E-state index in [4.69, 9.17) is 0 Å². The zero-order valence-corrected chi connectivity index (χ0v) is 14.7. The van der Waals surface area contributed by atoms with Gasteiger partial charge in [-0.25, -0.2) is 4.72 Å². The Kier molecular flexibility index (Phi) is 8.12. The predicted molar refractivity (Wildman–Crippen MR) is 87.5 cm³/mol. The second-order valence-electron chi connectivity index (χ2n) is 6.20. The molecule has 0 amide bonds. The Balaban J connectivity index is 2.31. The Morgan fingerprint density at radius 1 is 1.29 bits per heavy atom. The Labute approximate surface area is 130 Å². The van der Waals surface area contributed by atoms with Crippen molar-refractivity contribution >= 4 is 10.2 Å². The number of nitrogens with zero attached hydrogens (tertiary/aromatic N) is 2. The van der Waals surface area contributed by atoms with E-state index in [-0.39, 0.29) is 0 Å². The fraction of sp³-hybridized carbons (Fsp3) is 1.00. The van der Waals surface area contributed by atoms with E-state index < -0.39 is 10.2 Å². The van der Waals surface area contributed by atoms with Crippen molar-refractivity contribution in [1.29, 1.82) is 0 Å². The van der Waals surface area contributed by atoms with E-state index in [9.17, 15) is 8.42 Å². The lowest BCUT2D eigenvalue weighted by Crippen LogP contribution is -2.47. The average molecular weight is 321 g/mol. The lowest BCUT2D eigenvalue weighted by atomic mass is 9.98. The van der Waals surface area contributed by atoms with Gasteiger partial charge in [-0.2, -0.15) is 12.7 Å². The summed E-state index contributed by atoms with van der Waals surface area (Å²) in [5.41, 5.74) is 0. The summed E-state index contributed by atoms with van der Waals surface area (Å²) in [6, 6.07) is 0.490. The monoisotopic (exact) mass is 320 g/mol. The molecule has 1 aliphatic rings. The normalized spacial score (nSPS) is 18.8. The number of hydrogen-bond donors (Lipinski definition) is 2. The molecule has 0 aliphatic carbocycles. The molecule has 126 valence electrons. The Bertz CT molecular complexity index is 378. The SMILES string of the molecule is CCN(C)CCNS(=O)(=O)N1CCC(CNC(C)C)CC1. The molecule has 1 fully saturated rings. The summed E-state index contributed by atoms with van der Waals surface area (Å²) in [6.45, 7) is 10.7. The van der Waals surface area contributed by atoms with Crippen LogP contribution in [0, 0.1) is 5.92 Å². The van der Waals surface area contributed by atoms with Crippen molar-refractivity contribution in [3.63, 3.8) is 0 Å². The van der Waals surface area contributed by atoms with Crippen LogP contribution in [0.5, 0.6) is 0 Å². The Morgan fingerprint density at radius 2 is 1.90 bits per heavy atom. The average Bonchev–Trinajstić information content (AvgIpc) is 2.45. The fourth-order valence-electron chi connectivity index (χ4n) is 2.37. The Morgan fingerprint density at radius 3 is 2.43 bits per heavy atom. The third kappa shape index (κ3) is 7.06. The number of nitrogens with one attached hydrogen (secondary N) is 2. The van der Waals surface area contributed by atoms with Gasteiger partial charge in [-0.05, 0) is 38.9 Å². The maximum Gasteiger partial charge on any atom is 0.279 e. The van der Waals surface area contributed by atoms with Crippen molar-refractivity contribution in [3.8, 4) is 0 Å². The van der Waals surface area contributed by atoms with E-state index in [2.05, 4.69) is 35.7 Å². The summed E-state index contributed by atoms with van der Waals surface area (Å²) in [5, 5.41) is 3.43. The first-order chi connectivity index (χ1) is 9.85. The molecule has 0 atom stereocenters. The van der Waals surface area contributed by atoms with Crippen molar-refractivity contribution in [1.82, 2.24) is 19.2 Å². The van der Waals surface area contributed by atoms with Crippen molar-refractivity contribution in [3.05, 3.63) is 0 Å². The Hall–Kier alpha value is -0.210. The van der Waals surface area contributed by atoms with Crippen LogP contribution in [0.15, 0.2) is 0 Å². The molecule has 0 aromatic carbocycles. The topological polar surface area (TPSA) is 64.7 Å². The molecule has 7 heteroatoms. The van der Waals surface area contributed by atoms with Crippen LogP contribution < -0.4 is 10.0 Å². The molecule has 1 rings (SSSR count). The summed E-state index contributed by atoms with van der Waals surface area (Å²) in [6.07, 6.45) is 1.88. The van der Waals surface area contributed by atoms with Gasteiger partial charge in [-0.3, -0.25) is 0 Å². The molecule has 2 N–H and O–H groups in total. The van der Waals surface area contributed by atoms with Crippen molar-refractivity contribution < 1.29 is 8.42 Å². The highest BCUT2D eigenvalue weighted by Gasteiger charge is 2.27. The third-order valence-corrected chi connectivity index (χ3v) is 5.66. The molecule has 1 heterocycles. The molecule has 1 aliphatic heterocycles. The lowest BCUT2D eigenvalue weighted by molar-refractivity contribution is 0.260. The summed E-state index contributed by atoms with van der Waals surface area (Å²) in [4.78, 5) is 2.09. The van der Waals surface area contributed by atoms with Crippen LogP contribution in [0.1, 0.15) is 33.6 Å². The maximum absolute atomic E-state index is 12.2. The largest absolute Gasteiger partial charge is 0.314 e. The summed E-state index contributed by atoms with van der Waals surface area (Å²) in [7, 11) is -1.32. The number of rotatable bonds is 9. The third-order valence-electron chi connectivity index (χ3n) is 4.05. The van der Waals surface area contributed by atoms with Crippen molar-refractivity contribution in [2.24, 2.45) is 5.92 Å². The minimum Gasteiger partial charge on any atom is -0.314 e. The summed E-state index contributed by atoms with van der Waals surface area (Å²) in [5.74, 6) is 0.588. The second kappa shape index (κ2) is 9.05. The van der Waals surface area contributed by atoms with E-state index >= 15 is 0 Å². The van der Waals surface area contributed by atoms with Crippen molar-refractivity contribution in [2.75, 3.05) is 46.3 Å². The highest BCUT2D eigenvalue weighted by molar-refractivity contribution is 7.87. The molecule has 0 spiro atoms. The molecule has 0 radical (unpaired) electrons. The van der Waals surface area contributed by atoms with Crippen LogP contribution in [-0.2, 0) is 10.2 Å². The fourth-order valence-corrected chi connectivity index (χ4v) is 3.59.